The van der Waals surface area contributed by atoms with Crippen molar-refractivity contribution in [2.45, 2.75) is 64.1 Å². The smallest absolute Gasteiger partial charge is 0.254 e. The molecule has 4 unspecified atom stereocenters. The molecule has 1 aliphatic heterocycles. The van der Waals surface area contributed by atoms with Crippen molar-refractivity contribution in [3.05, 3.63) is 58.5 Å². The largest absolute Gasteiger partial charge is 0.464 e. The molecule has 1 aliphatic carbocycles. The molecule has 4 rings (SSSR count). The van der Waals surface area contributed by atoms with Crippen LogP contribution in [0.5, 0.6) is 0 Å². The van der Waals surface area contributed by atoms with E-state index in [1.165, 1.54) is 0 Å². The number of likely N-dealkylation sites (tertiary alicyclic amines) is 1. The molecule has 1 saturated heterocycles. The number of furan rings is 1. The van der Waals surface area contributed by atoms with Crippen LogP contribution in [-0.2, 0) is 4.79 Å². The first-order valence-electron chi connectivity index (χ1n) is 10.4. The fourth-order valence-corrected chi connectivity index (χ4v) is 5.01. The van der Waals surface area contributed by atoms with E-state index in [1.807, 2.05) is 30.9 Å². The number of aryl methyl sites for hydroxylation is 1. The number of hydrogen-bond donors (Lipinski definition) is 1. The summed E-state index contributed by atoms with van der Waals surface area (Å²) in [5.41, 5.74) is 0.538. The van der Waals surface area contributed by atoms with E-state index in [-0.39, 0.29) is 23.9 Å². The minimum absolute atomic E-state index is 0.108. The lowest BCUT2D eigenvalue weighted by atomic mass is 9.84. The number of rotatable bonds is 4. The van der Waals surface area contributed by atoms with Gasteiger partial charge in [-0.2, -0.15) is 0 Å². The van der Waals surface area contributed by atoms with Crippen LogP contribution in [0.15, 0.2) is 40.8 Å². The third-order valence-electron chi connectivity index (χ3n) is 6.24. The minimum Gasteiger partial charge on any atom is -0.464 e. The van der Waals surface area contributed by atoms with Gasteiger partial charge in [-0.3, -0.25) is 9.59 Å². The summed E-state index contributed by atoms with van der Waals surface area (Å²) in [6, 6.07) is 10.2. The van der Waals surface area contributed by atoms with Crippen LogP contribution in [0.3, 0.4) is 0 Å². The van der Waals surface area contributed by atoms with Gasteiger partial charge in [0.2, 0.25) is 5.91 Å². The van der Waals surface area contributed by atoms with Crippen LogP contribution in [-0.4, -0.2) is 28.8 Å². The van der Waals surface area contributed by atoms with Gasteiger partial charge in [-0.15, -0.1) is 0 Å². The van der Waals surface area contributed by atoms with E-state index in [9.17, 15) is 9.59 Å². The summed E-state index contributed by atoms with van der Waals surface area (Å²) in [4.78, 5) is 28.4. The van der Waals surface area contributed by atoms with Gasteiger partial charge >= 0.3 is 0 Å². The summed E-state index contributed by atoms with van der Waals surface area (Å²) in [6.45, 7) is 3.78. The van der Waals surface area contributed by atoms with Crippen molar-refractivity contribution in [2.75, 3.05) is 0 Å². The molecule has 1 saturated carbocycles. The molecule has 2 fully saturated rings. The lowest BCUT2D eigenvalue weighted by Crippen LogP contribution is -2.50. The number of nitrogens with zero attached hydrogens (tertiary/aromatic N) is 1. The van der Waals surface area contributed by atoms with Crippen molar-refractivity contribution in [3.63, 3.8) is 0 Å². The molecule has 1 aromatic heterocycles. The van der Waals surface area contributed by atoms with Crippen molar-refractivity contribution in [1.29, 1.82) is 0 Å². The third-order valence-corrected chi connectivity index (χ3v) is 6.48. The summed E-state index contributed by atoms with van der Waals surface area (Å²) in [5, 5.41) is 3.58. The van der Waals surface area contributed by atoms with E-state index in [0.717, 1.165) is 37.2 Å². The molecule has 2 aliphatic rings. The van der Waals surface area contributed by atoms with Crippen LogP contribution in [0, 0.1) is 12.8 Å². The number of nitrogens with one attached hydrogen (secondary N) is 1. The molecule has 2 heterocycles. The highest BCUT2D eigenvalue weighted by Crippen LogP contribution is 2.41. The van der Waals surface area contributed by atoms with Crippen molar-refractivity contribution in [1.82, 2.24) is 10.2 Å². The third kappa shape index (κ3) is 4.06. The molecule has 1 N–H and O–H groups in total. The van der Waals surface area contributed by atoms with E-state index in [2.05, 4.69) is 5.32 Å². The van der Waals surface area contributed by atoms with Crippen LogP contribution in [0.4, 0.5) is 0 Å². The van der Waals surface area contributed by atoms with Crippen LogP contribution < -0.4 is 5.32 Å². The van der Waals surface area contributed by atoms with E-state index in [4.69, 9.17) is 16.0 Å². The highest BCUT2D eigenvalue weighted by molar-refractivity contribution is 6.31. The zero-order chi connectivity index (χ0) is 20.5. The molecule has 0 bridgehead atoms. The number of halogens is 1. The van der Waals surface area contributed by atoms with Gasteiger partial charge in [0.25, 0.3) is 5.91 Å². The number of carbonyl (C=O) groups is 2. The van der Waals surface area contributed by atoms with Crippen molar-refractivity contribution in [2.24, 2.45) is 5.92 Å². The first-order chi connectivity index (χ1) is 13.9. The van der Waals surface area contributed by atoms with E-state index >= 15 is 0 Å². The predicted molar refractivity (Wildman–Crippen MR) is 112 cm³/mol. The molecule has 29 heavy (non-hydrogen) atoms. The molecule has 0 radical (unpaired) electrons. The standard InChI is InChI=1S/C23H27ClN2O3/c1-14-10-11-21(29-14)15(2)25-22(27)20-13-16-6-3-4-9-19(16)26(20)23(28)17-7-5-8-18(24)12-17/h5,7-8,10-12,15-16,19-20H,3-4,6,9,13H2,1-2H3,(H,25,27). The predicted octanol–water partition coefficient (Wildman–Crippen LogP) is 4.89. The van der Waals surface area contributed by atoms with Gasteiger partial charge in [0.15, 0.2) is 0 Å². The fourth-order valence-electron chi connectivity index (χ4n) is 4.82. The second-order valence-corrected chi connectivity index (χ2v) is 8.70. The quantitative estimate of drug-likeness (QED) is 0.774. The second-order valence-electron chi connectivity index (χ2n) is 8.26. The topological polar surface area (TPSA) is 62.6 Å². The van der Waals surface area contributed by atoms with E-state index < -0.39 is 6.04 Å². The Morgan fingerprint density at radius 3 is 2.72 bits per heavy atom. The highest BCUT2D eigenvalue weighted by Gasteiger charge is 2.47. The summed E-state index contributed by atoms with van der Waals surface area (Å²) < 4.78 is 5.65. The van der Waals surface area contributed by atoms with Crippen LogP contribution in [0.25, 0.3) is 0 Å². The van der Waals surface area contributed by atoms with E-state index in [0.29, 0.717) is 22.9 Å². The molecule has 1 aromatic carbocycles. The Kier molecular flexibility index (Phi) is 5.68. The SMILES string of the molecule is Cc1ccc(C(C)NC(=O)C2CC3CCCCC3N2C(=O)c2cccc(Cl)c2)o1. The highest BCUT2D eigenvalue weighted by atomic mass is 35.5. The Morgan fingerprint density at radius 2 is 2.00 bits per heavy atom. The second kappa shape index (κ2) is 8.23. The Labute approximate surface area is 176 Å². The van der Waals surface area contributed by atoms with Crippen LogP contribution in [0.1, 0.15) is 66.9 Å². The number of carbonyl (C=O) groups excluding carboxylic acids is 2. The zero-order valence-electron chi connectivity index (χ0n) is 16.9. The molecule has 6 heteroatoms. The Hall–Kier alpha value is -2.27. The van der Waals surface area contributed by atoms with Crippen molar-refractivity contribution in [3.8, 4) is 0 Å². The van der Waals surface area contributed by atoms with Gasteiger partial charge in [0.1, 0.15) is 17.6 Å². The maximum absolute atomic E-state index is 13.4. The van der Waals surface area contributed by atoms with Crippen LogP contribution >= 0.6 is 11.6 Å². The maximum Gasteiger partial charge on any atom is 0.254 e. The monoisotopic (exact) mass is 414 g/mol. The van der Waals surface area contributed by atoms with E-state index in [1.54, 1.807) is 24.3 Å². The van der Waals surface area contributed by atoms with Gasteiger partial charge < -0.3 is 14.6 Å². The van der Waals surface area contributed by atoms with Crippen molar-refractivity contribution < 1.29 is 14.0 Å². The van der Waals surface area contributed by atoms with Crippen molar-refractivity contribution >= 4 is 23.4 Å². The molecular formula is C23H27ClN2O3. The molecule has 4 atom stereocenters. The lowest BCUT2D eigenvalue weighted by Gasteiger charge is -2.34. The lowest BCUT2D eigenvalue weighted by molar-refractivity contribution is -0.126. The molecule has 5 nitrogen and oxygen atoms in total. The fraction of sp³-hybridized carbons (Fsp3) is 0.478. The molecule has 2 amide bonds. The number of fused-ring (bicyclic) bond motifs is 1. The molecular weight excluding hydrogens is 388 g/mol. The Balaban J connectivity index is 1.57. The van der Waals surface area contributed by atoms with Gasteiger partial charge in [-0.25, -0.2) is 0 Å². The average Bonchev–Trinajstić information content (AvgIpc) is 3.31. The normalized spacial score (nSPS) is 24.8. The Bertz CT molecular complexity index is 909. The summed E-state index contributed by atoms with van der Waals surface area (Å²) in [6.07, 6.45) is 4.99. The summed E-state index contributed by atoms with van der Waals surface area (Å²) in [5.74, 6) is 1.69. The van der Waals surface area contributed by atoms with Crippen LogP contribution in [0.2, 0.25) is 5.02 Å². The van der Waals surface area contributed by atoms with Gasteiger partial charge in [-0.1, -0.05) is 30.5 Å². The van der Waals surface area contributed by atoms with Gasteiger partial charge in [0, 0.05) is 16.6 Å². The number of hydrogen-bond acceptors (Lipinski definition) is 3. The first-order valence-corrected chi connectivity index (χ1v) is 10.8. The molecule has 0 spiro atoms. The average molecular weight is 415 g/mol. The summed E-state index contributed by atoms with van der Waals surface area (Å²) in [7, 11) is 0. The minimum atomic E-state index is -0.465. The molecule has 154 valence electrons. The summed E-state index contributed by atoms with van der Waals surface area (Å²) >= 11 is 6.11. The first kappa shape index (κ1) is 20.0. The zero-order valence-corrected chi connectivity index (χ0v) is 17.6. The molecule has 2 aromatic rings. The van der Waals surface area contributed by atoms with Gasteiger partial charge in [0.05, 0.1) is 6.04 Å². The number of benzene rings is 1. The maximum atomic E-state index is 13.4. The number of amides is 2. The van der Waals surface area contributed by atoms with Gasteiger partial charge in [-0.05, 0) is 69.4 Å². The Morgan fingerprint density at radius 1 is 1.21 bits per heavy atom.